The van der Waals surface area contributed by atoms with Gasteiger partial charge in [0.05, 0.1) is 38.0 Å². The molecule has 0 bridgehead atoms. The Hall–Kier alpha value is -1.76. The highest BCUT2D eigenvalue weighted by Gasteiger charge is 2.56. The third-order valence-corrected chi connectivity index (χ3v) is 5.79. The standard InChI is InChI=1S/C20H34N2O13/c1-3-4-32-18-12(21)16(29)15(28)11(34-18)7-33-20(19(30)31)5-9(25)13(22-8(2)24)17(35-20)14(27)10(26)6-23/h3,9-18,23,25-29H,1,4-7,21H2,2H3,(H,22,24)(H,30,31)/t9-,10-,11?,12?,13-,14-,15+,16-,17?,18+,20-/m1/s1. The number of nitrogens with one attached hydrogen (secondary N) is 1. The number of hydrogen-bond acceptors (Lipinski definition) is 13. The van der Waals surface area contributed by atoms with Gasteiger partial charge < -0.3 is 65.7 Å². The van der Waals surface area contributed by atoms with Crippen molar-refractivity contribution in [3.8, 4) is 0 Å². The Morgan fingerprint density at radius 3 is 2.49 bits per heavy atom. The first-order chi connectivity index (χ1) is 16.4. The van der Waals surface area contributed by atoms with Crippen LogP contribution in [0.25, 0.3) is 0 Å². The zero-order valence-electron chi connectivity index (χ0n) is 19.0. The van der Waals surface area contributed by atoms with Crippen molar-refractivity contribution in [2.24, 2.45) is 5.73 Å². The SMILES string of the molecule is C=CCO[C@H]1OC(CO[C@]2(C(=O)O)C[C@@H](O)[C@@H](NC(C)=O)C([C@H](O)[C@H](O)CO)O2)[C@H](O)[C@H](O)C1N. The van der Waals surface area contributed by atoms with Crippen molar-refractivity contribution in [3.05, 3.63) is 12.7 Å². The molecule has 0 radical (unpaired) electrons. The highest BCUT2D eigenvalue weighted by Crippen LogP contribution is 2.34. The van der Waals surface area contributed by atoms with E-state index in [0.717, 1.165) is 6.92 Å². The lowest BCUT2D eigenvalue weighted by Gasteiger charge is -2.47. The lowest BCUT2D eigenvalue weighted by molar-refractivity contribution is -0.329. The Morgan fingerprint density at radius 1 is 1.29 bits per heavy atom. The Labute approximate surface area is 200 Å². The maximum Gasteiger partial charge on any atom is 0.364 e. The van der Waals surface area contributed by atoms with E-state index in [0.29, 0.717) is 0 Å². The first-order valence-electron chi connectivity index (χ1n) is 10.9. The molecule has 2 aliphatic rings. The molecule has 2 rings (SSSR count). The second-order valence-electron chi connectivity index (χ2n) is 8.41. The summed E-state index contributed by atoms with van der Waals surface area (Å²) in [6.45, 7) is 2.95. The molecule has 0 saturated carbocycles. The Morgan fingerprint density at radius 2 is 1.94 bits per heavy atom. The van der Waals surface area contributed by atoms with Crippen LogP contribution < -0.4 is 11.1 Å². The number of carboxylic acid groups (broad SMARTS) is 1. The summed E-state index contributed by atoms with van der Waals surface area (Å²) in [5, 5.41) is 72.9. The van der Waals surface area contributed by atoms with Crippen molar-refractivity contribution in [2.75, 3.05) is 19.8 Å². The molecule has 202 valence electrons. The van der Waals surface area contributed by atoms with E-state index in [1.54, 1.807) is 0 Å². The monoisotopic (exact) mass is 510 g/mol. The minimum atomic E-state index is -2.64. The molecule has 0 aliphatic carbocycles. The van der Waals surface area contributed by atoms with Crippen LogP contribution in [0.15, 0.2) is 12.7 Å². The molecule has 2 aliphatic heterocycles. The minimum Gasteiger partial charge on any atom is -0.477 e. The third-order valence-electron chi connectivity index (χ3n) is 5.79. The number of hydrogen-bond donors (Lipinski definition) is 9. The van der Waals surface area contributed by atoms with Crippen molar-refractivity contribution in [1.29, 1.82) is 0 Å². The fourth-order valence-corrected chi connectivity index (χ4v) is 3.90. The van der Waals surface area contributed by atoms with E-state index in [1.165, 1.54) is 6.08 Å². The van der Waals surface area contributed by atoms with Crippen molar-refractivity contribution < 1.29 is 64.3 Å². The van der Waals surface area contributed by atoms with Crippen molar-refractivity contribution in [2.45, 2.75) is 80.2 Å². The highest BCUT2D eigenvalue weighted by atomic mass is 16.7. The van der Waals surface area contributed by atoms with Gasteiger partial charge in [0.25, 0.3) is 5.79 Å². The summed E-state index contributed by atoms with van der Waals surface area (Å²) in [6, 6.07) is -2.51. The molecule has 35 heavy (non-hydrogen) atoms. The topological polar surface area (TPSA) is 251 Å². The lowest BCUT2D eigenvalue weighted by Crippen LogP contribution is -2.68. The number of aliphatic carboxylic acids is 1. The van der Waals surface area contributed by atoms with Crippen LogP contribution >= 0.6 is 0 Å². The maximum atomic E-state index is 12.2. The second kappa shape index (κ2) is 12.5. The van der Waals surface area contributed by atoms with Crippen molar-refractivity contribution in [1.82, 2.24) is 5.32 Å². The van der Waals surface area contributed by atoms with E-state index < -0.39 is 98.4 Å². The average Bonchev–Trinajstić information content (AvgIpc) is 2.81. The summed E-state index contributed by atoms with van der Waals surface area (Å²) in [5.41, 5.74) is 5.80. The van der Waals surface area contributed by atoms with Gasteiger partial charge in [0.15, 0.2) is 6.29 Å². The Kier molecular flexibility index (Phi) is 10.5. The molecular weight excluding hydrogens is 476 g/mol. The van der Waals surface area contributed by atoms with Gasteiger partial charge in [-0.2, -0.15) is 0 Å². The zero-order valence-corrected chi connectivity index (χ0v) is 19.0. The van der Waals surface area contributed by atoms with Crippen LogP contribution in [-0.2, 0) is 28.5 Å². The van der Waals surface area contributed by atoms with E-state index in [4.69, 9.17) is 24.7 Å². The molecule has 15 heteroatoms. The fourth-order valence-electron chi connectivity index (χ4n) is 3.90. The number of aliphatic hydroxyl groups is 6. The van der Waals surface area contributed by atoms with Gasteiger partial charge in [0, 0.05) is 13.3 Å². The number of amides is 1. The zero-order chi connectivity index (χ0) is 26.5. The van der Waals surface area contributed by atoms with Crippen LogP contribution in [0, 0.1) is 0 Å². The summed E-state index contributed by atoms with van der Waals surface area (Å²) >= 11 is 0. The number of ether oxygens (including phenoxy) is 4. The van der Waals surface area contributed by atoms with Gasteiger partial charge in [-0.25, -0.2) is 4.79 Å². The maximum absolute atomic E-state index is 12.2. The molecule has 0 spiro atoms. The quantitative estimate of drug-likeness (QED) is 0.118. The Bertz CT molecular complexity index is 742. The lowest BCUT2D eigenvalue weighted by atomic mass is 9.88. The smallest absolute Gasteiger partial charge is 0.364 e. The minimum absolute atomic E-state index is 0.000412. The normalized spacial score (nSPS) is 39.4. The van der Waals surface area contributed by atoms with Gasteiger partial charge in [-0.1, -0.05) is 6.08 Å². The van der Waals surface area contributed by atoms with Gasteiger partial charge in [0.1, 0.15) is 36.6 Å². The molecule has 2 heterocycles. The van der Waals surface area contributed by atoms with E-state index in [1.807, 2.05) is 0 Å². The van der Waals surface area contributed by atoms with Gasteiger partial charge in [-0.05, 0) is 0 Å². The number of rotatable bonds is 11. The molecule has 2 fully saturated rings. The molecule has 15 nitrogen and oxygen atoms in total. The van der Waals surface area contributed by atoms with Crippen LogP contribution in [0.1, 0.15) is 13.3 Å². The molecule has 10 N–H and O–H groups in total. The predicted octanol–water partition coefficient (Wildman–Crippen LogP) is -4.87. The summed E-state index contributed by atoms with van der Waals surface area (Å²) in [4.78, 5) is 23.8. The van der Waals surface area contributed by atoms with Crippen molar-refractivity contribution >= 4 is 11.9 Å². The summed E-state index contributed by atoms with van der Waals surface area (Å²) < 4.78 is 21.7. The van der Waals surface area contributed by atoms with Crippen molar-refractivity contribution in [3.63, 3.8) is 0 Å². The summed E-state index contributed by atoms with van der Waals surface area (Å²) in [7, 11) is 0. The van der Waals surface area contributed by atoms with E-state index in [-0.39, 0.29) is 6.61 Å². The first kappa shape index (κ1) is 29.5. The number of nitrogens with two attached hydrogens (primary N) is 1. The molecule has 0 aromatic rings. The predicted molar refractivity (Wildman–Crippen MR) is 113 cm³/mol. The van der Waals surface area contributed by atoms with Crippen LogP contribution in [0.3, 0.4) is 0 Å². The summed E-state index contributed by atoms with van der Waals surface area (Å²) in [5.74, 6) is -5.03. The molecule has 0 aromatic carbocycles. The van der Waals surface area contributed by atoms with Gasteiger partial charge >= 0.3 is 5.97 Å². The number of carboxylic acids is 1. The van der Waals surface area contributed by atoms with Crippen LogP contribution in [0.4, 0.5) is 0 Å². The van der Waals surface area contributed by atoms with Gasteiger partial charge in [0.2, 0.25) is 5.91 Å². The molecular formula is C20H34N2O13. The number of aliphatic hydroxyl groups excluding tert-OH is 6. The molecule has 1 amide bonds. The highest BCUT2D eigenvalue weighted by molar-refractivity contribution is 5.76. The number of carbonyl (C=O) groups excluding carboxylic acids is 1. The van der Waals surface area contributed by atoms with Gasteiger partial charge in [-0.15, -0.1) is 6.58 Å². The third kappa shape index (κ3) is 6.72. The van der Waals surface area contributed by atoms with Crippen LogP contribution in [-0.4, -0.2) is 134 Å². The molecule has 2 saturated heterocycles. The largest absolute Gasteiger partial charge is 0.477 e. The summed E-state index contributed by atoms with van der Waals surface area (Å²) in [6.07, 6.45) is -12.2. The molecule has 0 aromatic heterocycles. The van der Waals surface area contributed by atoms with E-state index in [2.05, 4.69) is 11.9 Å². The molecule has 3 unspecified atom stereocenters. The van der Waals surface area contributed by atoms with Crippen LogP contribution in [0.2, 0.25) is 0 Å². The van der Waals surface area contributed by atoms with E-state index >= 15 is 0 Å². The second-order valence-corrected chi connectivity index (χ2v) is 8.41. The fraction of sp³-hybridized carbons (Fsp3) is 0.800. The number of carbonyl (C=O) groups is 2. The van der Waals surface area contributed by atoms with Crippen LogP contribution in [0.5, 0.6) is 0 Å². The van der Waals surface area contributed by atoms with E-state index in [9.17, 15) is 45.3 Å². The molecule has 11 atom stereocenters. The van der Waals surface area contributed by atoms with Gasteiger partial charge in [-0.3, -0.25) is 4.79 Å². The Balaban J connectivity index is 2.27. The first-order valence-corrected chi connectivity index (χ1v) is 10.9. The average molecular weight is 510 g/mol.